The minimum Gasteiger partial charge on any atom is -0.458 e. The van der Waals surface area contributed by atoms with Crippen molar-refractivity contribution in [2.45, 2.75) is 43.7 Å². The topological polar surface area (TPSA) is 36.6 Å². The summed E-state index contributed by atoms with van der Waals surface area (Å²) in [6, 6.07) is 7.47. The Hall–Kier alpha value is -1.03. The fourth-order valence-electron chi connectivity index (χ4n) is 3.56. The molecular weight excluding hydrogens is 286 g/mol. The number of halogens is 1. The number of rotatable bonds is 3. The monoisotopic (exact) mass is 307 g/mol. The van der Waals surface area contributed by atoms with Crippen molar-refractivity contribution in [2.24, 2.45) is 0 Å². The number of aliphatic hydroxyl groups is 1. The Bertz CT molecular complexity index is 629. The molecule has 1 fully saturated rings. The lowest BCUT2D eigenvalue weighted by atomic mass is 9.76. The third kappa shape index (κ3) is 2.59. The molecule has 1 saturated carbocycles. The van der Waals surface area contributed by atoms with E-state index in [1.54, 1.807) is 0 Å². The van der Waals surface area contributed by atoms with Gasteiger partial charge in [-0.3, -0.25) is 0 Å². The van der Waals surface area contributed by atoms with Crippen LogP contribution in [0.25, 0.3) is 11.0 Å². The number of likely N-dealkylation sites (N-methyl/N-ethyl adjacent to an activating group) is 1. The lowest BCUT2D eigenvalue weighted by molar-refractivity contribution is -0.0433. The lowest BCUT2D eigenvalue weighted by Crippen LogP contribution is -2.50. The van der Waals surface area contributed by atoms with Crippen LogP contribution in [0.2, 0.25) is 5.02 Å². The van der Waals surface area contributed by atoms with E-state index in [1.807, 2.05) is 38.4 Å². The first kappa shape index (κ1) is 14.9. The minimum absolute atomic E-state index is 0.226. The Labute approximate surface area is 130 Å². The number of fused-ring (bicyclic) bond motifs is 1. The van der Waals surface area contributed by atoms with Gasteiger partial charge in [-0.1, -0.05) is 30.9 Å². The summed E-state index contributed by atoms with van der Waals surface area (Å²) in [5, 5.41) is 12.6. The second-order valence-corrected chi connectivity index (χ2v) is 6.73. The Kier molecular flexibility index (Phi) is 4.00. The van der Waals surface area contributed by atoms with Crippen LogP contribution >= 0.6 is 11.6 Å². The number of benzene rings is 1. The van der Waals surface area contributed by atoms with Gasteiger partial charge in [0.05, 0.1) is 5.54 Å². The summed E-state index contributed by atoms with van der Waals surface area (Å²) < 4.78 is 5.88. The van der Waals surface area contributed by atoms with Crippen molar-refractivity contribution in [3.63, 3.8) is 0 Å². The summed E-state index contributed by atoms with van der Waals surface area (Å²) in [4.78, 5) is 2.16. The highest BCUT2D eigenvalue weighted by Gasteiger charge is 2.43. The summed E-state index contributed by atoms with van der Waals surface area (Å²) in [7, 11) is 4.10. The molecule has 1 unspecified atom stereocenters. The van der Waals surface area contributed by atoms with Gasteiger partial charge in [0.15, 0.2) is 0 Å². The van der Waals surface area contributed by atoms with E-state index in [4.69, 9.17) is 16.0 Å². The first-order valence-electron chi connectivity index (χ1n) is 7.57. The van der Waals surface area contributed by atoms with Crippen molar-refractivity contribution in [1.29, 1.82) is 0 Å². The van der Waals surface area contributed by atoms with Gasteiger partial charge >= 0.3 is 0 Å². The molecule has 1 aliphatic rings. The van der Waals surface area contributed by atoms with Crippen LogP contribution in [0.1, 0.15) is 44.0 Å². The van der Waals surface area contributed by atoms with E-state index in [9.17, 15) is 5.11 Å². The Balaban J connectivity index is 1.99. The average Bonchev–Trinajstić information content (AvgIpc) is 2.89. The number of aliphatic hydroxyl groups excluding tert-OH is 1. The SMILES string of the molecule is CN(C)C1(C(O)c2cc3cc(Cl)ccc3o2)CCCCC1. The largest absolute Gasteiger partial charge is 0.458 e. The third-order valence-corrected chi connectivity index (χ3v) is 5.12. The summed E-state index contributed by atoms with van der Waals surface area (Å²) >= 11 is 6.02. The molecule has 21 heavy (non-hydrogen) atoms. The van der Waals surface area contributed by atoms with E-state index >= 15 is 0 Å². The zero-order valence-electron chi connectivity index (χ0n) is 12.6. The van der Waals surface area contributed by atoms with Crippen LogP contribution in [-0.2, 0) is 0 Å². The zero-order valence-corrected chi connectivity index (χ0v) is 13.4. The predicted octanol–water partition coefficient (Wildman–Crippen LogP) is 4.38. The van der Waals surface area contributed by atoms with E-state index in [1.165, 1.54) is 6.42 Å². The Morgan fingerprint density at radius 2 is 1.90 bits per heavy atom. The van der Waals surface area contributed by atoms with E-state index in [-0.39, 0.29) is 5.54 Å². The maximum absolute atomic E-state index is 11.0. The first-order chi connectivity index (χ1) is 10.0. The molecule has 0 spiro atoms. The van der Waals surface area contributed by atoms with Gasteiger partial charge in [0.2, 0.25) is 0 Å². The number of furan rings is 1. The van der Waals surface area contributed by atoms with Crippen LogP contribution in [-0.4, -0.2) is 29.6 Å². The minimum atomic E-state index is -0.612. The zero-order chi connectivity index (χ0) is 15.0. The van der Waals surface area contributed by atoms with E-state index < -0.39 is 6.10 Å². The molecule has 1 aromatic carbocycles. The van der Waals surface area contributed by atoms with Crippen molar-refractivity contribution in [3.8, 4) is 0 Å². The molecule has 0 bridgehead atoms. The van der Waals surface area contributed by atoms with E-state index in [0.717, 1.165) is 36.7 Å². The maximum atomic E-state index is 11.0. The molecule has 2 aromatic rings. The van der Waals surface area contributed by atoms with Crippen molar-refractivity contribution in [3.05, 3.63) is 35.0 Å². The predicted molar refractivity (Wildman–Crippen MR) is 85.7 cm³/mol. The van der Waals surface area contributed by atoms with Gasteiger partial charge < -0.3 is 14.4 Å². The number of hydrogen-bond donors (Lipinski definition) is 1. The van der Waals surface area contributed by atoms with Gasteiger partial charge in [0.1, 0.15) is 17.4 Å². The third-order valence-electron chi connectivity index (χ3n) is 4.89. The molecule has 0 radical (unpaired) electrons. The van der Waals surface area contributed by atoms with Gasteiger partial charge in [-0.2, -0.15) is 0 Å². The molecule has 4 heteroatoms. The van der Waals surface area contributed by atoms with Crippen LogP contribution in [0, 0.1) is 0 Å². The molecule has 3 nitrogen and oxygen atoms in total. The highest BCUT2D eigenvalue weighted by molar-refractivity contribution is 6.31. The van der Waals surface area contributed by atoms with Crippen molar-refractivity contribution in [1.82, 2.24) is 4.90 Å². The summed E-state index contributed by atoms with van der Waals surface area (Å²) in [6.45, 7) is 0. The molecule has 1 aliphatic carbocycles. The molecular formula is C17H22ClNO2. The maximum Gasteiger partial charge on any atom is 0.135 e. The molecule has 1 N–H and O–H groups in total. The van der Waals surface area contributed by atoms with Gasteiger partial charge in [0, 0.05) is 10.4 Å². The quantitative estimate of drug-likeness (QED) is 0.914. The van der Waals surface area contributed by atoms with Crippen LogP contribution in [0.15, 0.2) is 28.7 Å². The summed E-state index contributed by atoms with van der Waals surface area (Å²) in [6.07, 6.45) is 4.94. The van der Waals surface area contributed by atoms with Crippen molar-refractivity contribution < 1.29 is 9.52 Å². The molecule has 3 rings (SSSR count). The Morgan fingerprint density at radius 3 is 2.57 bits per heavy atom. The van der Waals surface area contributed by atoms with Gasteiger partial charge in [0.25, 0.3) is 0 Å². The second kappa shape index (κ2) is 5.64. The molecule has 1 atom stereocenters. The molecule has 1 aromatic heterocycles. The van der Waals surface area contributed by atoms with Gasteiger partial charge in [-0.05, 0) is 51.2 Å². The van der Waals surface area contributed by atoms with Crippen molar-refractivity contribution in [2.75, 3.05) is 14.1 Å². The normalized spacial score (nSPS) is 20.0. The molecule has 1 heterocycles. The van der Waals surface area contributed by atoms with Crippen LogP contribution < -0.4 is 0 Å². The van der Waals surface area contributed by atoms with E-state index in [2.05, 4.69) is 4.90 Å². The standard InChI is InChI=1S/C17H22ClNO2/c1-19(2)17(8-4-3-5-9-17)16(20)15-11-12-10-13(18)6-7-14(12)21-15/h6-7,10-11,16,20H,3-5,8-9H2,1-2H3. The van der Waals surface area contributed by atoms with Crippen LogP contribution in [0.5, 0.6) is 0 Å². The highest BCUT2D eigenvalue weighted by Crippen LogP contribution is 2.43. The molecule has 0 aliphatic heterocycles. The van der Waals surface area contributed by atoms with Gasteiger partial charge in [-0.15, -0.1) is 0 Å². The van der Waals surface area contributed by atoms with Crippen molar-refractivity contribution >= 4 is 22.6 Å². The lowest BCUT2D eigenvalue weighted by Gasteiger charge is -2.45. The molecule has 0 saturated heterocycles. The first-order valence-corrected chi connectivity index (χ1v) is 7.95. The fourth-order valence-corrected chi connectivity index (χ4v) is 3.74. The fraction of sp³-hybridized carbons (Fsp3) is 0.529. The van der Waals surface area contributed by atoms with Crippen LogP contribution in [0.3, 0.4) is 0 Å². The van der Waals surface area contributed by atoms with Gasteiger partial charge in [-0.25, -0.2) is 0 Å². The molecule has 0 amide bonds. The summed E-state index contributed by atoms with van der Waals surface area (Å²) in [5.41, 5.74) is 0.550. The van der Waals surface area contributed by atoms with E-state index in [0.29, 0.717) is 10.8 Å². The Morgan fingerprint density at radius 1 is 1.19 bits per heavy atom. The second-order valence-electron chi connectivity index (χ2n) is 6.29. The van der Waals surface area contributed by atoms with Crippen LogP contribution in [0.4, 0.5) is 0 Å². The number of nitrogens with zero attached hydrogens (tertiary/aromatic N) is 1. The molecule has 114 valence electrons. The highest BCUT2D eigenvalue weighted by atomic mass is 35.5. The summed E-state index contributed by atoms with van der Waals surface area (Å²) in [5.74, 6) is 0.642. The average molecular weight is 308 g/mol. The smallest absolute Gasteiger partial charge is 0.135 e. The number of hydrogen-bond acceptors (Lipinski definition) is 3.